The van der Waals surface area contributed by atoms with Crippen molar-refractivity contribution >= 4 is 11.6 Å². The summed E-state index contributed by atoms with van der Waals surface area (Å²) in [4.78, 5) is 14.1. The Morgan fingerprint density at radius 2 is 2.10 bits per heavy atom. The molecule has 111 valence electrons. The van der Waals surface area contributed by atoms with Gasteiger partial charge in [0.05, 0.1) is 6.61 Å². The number of benzene rings is 1. The number of allylic oxidation sites excluding steroid dienone is 1. The van der Waals surface area contributed by atoms with Gasteiger partial charge in [-0.05, 0) is 26.0 Å². The molecule has 1 aromatic carbocycles. The van der Waals surface area contributed by atoms with Crippen molar-refractivity contribution in [2.24, 2.45) is 5.92 Å². The predicted molar refractivity (Wildman–Crippen MR) is 80.2 cm³/mol. The summed E-state index contributed by atoms with van der Waals surface area (Å²) in [6, 6.07) is 6.00. The van der Waals surface area contributed by atoms with Crippen molar-refractivity contribution in [2.45, 2.75) is 34.1 Å². The zero-order chi connectivity index (χ0) is 14.7. The van der Waals surface area contributed by atoms with Gasteiger partial charge < -0.3 is 9.64 Å². The van der Waals surface area contributed by atoms with E-state index in [0.29, 0.717) is 19.6 Å². The van der Waals surface area contributed by atoms with Gasteiger partial charge in [-0.3, -0.25) is 4.79 Å². The number of carbonyl (C=O) groups excluding carboxylic acids is 1. The minimum Gasteiger partial charge on any atom is -0.494 e. The van der Waals surface area contributed by atoms with E-state index >= 15 is 0 Å². The van der Waals surface area contributed by atoms with Gasteiger partial charge in [0.15, 0.2) is 0 Å². The molecule has 0 spiro atoms. The van der Waals surface area contributed by atoms with E-state index in [4.69, 9.17) is 4.74 Å². The fourth-order valence-corrected chi connectivity index (χ4v) is 2.52. The van der Waals surface area contributed by atoms with Crippen LogP contribution in [-0.4, -0.2) is 24.0 Å². The van der Waals surface area contributed by atoms with Gasteiger partial charge in [-0.25, -0.2) is 6.08 Å². The Morgan fingerprint density at radius 1 is 1.38 bits per heavy atom. The quantitative estimate of drug-likeness (QED) is 0.769. The standard InChI is InChI=1S/C17H22NO2.Y/c1-5-18-16(10-7-12(3)17(18)19)15-9-8-14(20-6-2)11-13(15)4;/h8-9,11-12H,5-7H2,1-4H3;/q-1;. The third kappa shape index (κ3) is 3.95. The topological polar surface area (TPSA) is 29.5 Å². The molecule has 1 heterocycles. The summed E-state index contributed by atoms with van der Waals surface area (Å²) in [6.45, 7) is 9.31. The smallest absolute Gasteiger partial charge is 0.225 e. The molecule has 0 saturated heterocycles. The van der Waals surface area contributed by atoms with Crippen LogP contribution in [0, 0.1) is 18.9 Å². The summed E-state index contributed by atoms with van der Waals surface area (Å²) in [5.41, 5.74) is 3.09. The Kier molecular flexibility index (Phi) is 7.09. The number of nitrogens with zero attached hydrogens (tertiary/aromatic N) is 1. The molecule has 0 aromatic heterocycles. The van der Waals surface area contributed by atoms with Crippen LogP contribution in [0.15, 0.2) is 18.2 Å². The molecule has 1 amide bonds. The molecule has 1 radical (unpaired) electrons. The van der Waals surface area contributed by atoms with Gasteiger partial charge in [-0.2, -0.15) is 0 Å². The van der Waals surface area contributed by atoms with Crippen LogP contribution in [0.25, 0.3) is 5.70 Å². The first-order valence-electron chi connectivity index (χ1n) is 7.24. The first-order valence-corrected chi connectivity index (χ1v) is 7.24. The van der Waals surface area contributed by atoms with Crippen LogP contribution in [0.4, 0.5) is 0 Å². The third-order valence-electron chi connectivity index (χ3n) is 3.61. The van der Waals surface area contributed by atoms with Crippen molar-refractivity contribution in [3.63, 3.8) is 0 Å². The zero-order valence-electron chi connectivity index (χ0n) is 13.3. The molecule has 21 heavy (non-hydrogen) atoms. The first-order chi connectivity index (χ1) is 9.58. The van der Waals surface area contributed by atoms with Crippen LogP contribution >= 0.6 is 0 Å². The molecule has 1 aromatic rings. The minimum absolute atomic E-state index is 0. The van der Waals surface area contributed by atoms with E-state index in [-0.39, 0.29) is 44.5 Å². The number of hydrogen-bond acceptors (Lipinski definition) is 2. The van der Waals surface area contributed by atoms with Crippen LogP contribution < -0.4 is 4.74 Å². The second kappa shape index (κ2) is 8.09. The van der Waals surface area contributed by atoms with Crippen molar-refractivity contribution in [1.82, 2.24) is 4.90 Å². The molecule has 0 bridgehead atoms. The predicted octanol–water partition coefficient (Wildman–Crippen LogP) is 3.42. The summed E-state index contributed by atoms with van der Waals surface area (Å²) in [6.07, 6.45) is 4.08. The number of amides is 1. The van der Waals surface area contributed by atoms with Crippen LogP contribution in [0.2, 0.25) is 0 Å². The minimum atomic E-state index is 0. The van der Waals surface area contributed by atoms with Gasteiger partial charge in [0.25, 0.3) is 0 Å². The summed E-state index contributed by atoms with van der Waals surface area (Å²) >= 11 is 0. The summed E-state index contributed by atoms with van der Waals surface area (Å²) < 4.78 is 5.51. The zero-order valence-corrected chi connectivity index (χ0v) is 16.1. The molecule has 1 aliphatic rings. The van der Waals surface area contributed by atoms with Gasteiger partial charge in [0.2, 0.25) is 5.91 Å². The van der Waals surface area contributed by atoms with Crippen LogP contribution in [0.5, 0.6) is 5.75 Å². The number of rotatable bonds is 4. The van der Waals surface area contributed by atoms with Crippen LogP contribution in [0.3, 0.4) is 0 Å². The van der Waals surface area contributed by atoms with E-state index in [2.05, 4.69) is 6.08 Å². The Balaban J connectivity index is 0.00000220. The Morgan fingerprint density at radius 3 is 2.67 bits per heavy atom. The average molecular weight is 361 g/mol. The fraction of sp³-hybridized carbons (Fsp3) is 0.471. The van der Waals surface area contributed by atoms with E-state index in [1.807, 2.05) is 50.8 Å². The molecule has 2 rings (SSSR count). The average Bonchev–Trinajstić information content (AvgIpc) is 2.43. The van der Waals surface area contributed by atoms with Gasteiger partial charge in [-0.15, -0.1) is 22.9 Å². The maximum Gasteiger partial charge on any atom is 0.225 e. The van der Waals surface area contributed by atoms with Gasteiger partial charge in [0.1, 0.15) is 5.75 Å². The third-order valence-corrected chi connectivity index (χ3v) is 3.61. The molecular formula is C17H22NO2Y-. The second-order valence-corrected chi connectivity index (χ2v) is 5.12. The molecule has 3 nitrogen and oxygen atoms in total. The van der Waals surface area contributed by atoms with Crippen molar-refractivity contribution in [3.05, 3.63) is 35.4 Å². The monoisotopic (exact) mass is 361 g/mol. The molecule has 1 atom stereocenters. The Bertz CT molecular complexity index is 540. The molecule has 0 aliphatic carbocycles. The van der Waals surface area contributed by atoms with E-state index in [0.717, 1.165) is 22.6 Å². The normalized spacial score (nSPS) is 18.1. The van der Waals surface area contributed by atoms with Crippen molar-refractivity contribution in [2.75, 3.05) is 13.2 Å². The number of carbonyl (C=O) groups is 1. The molecule has 0 N–H and O–H groups in total. The summed E-state index contributed by atoms with van der Waals surface area (Å²) in [5, 5.41) is 0. The second-order valence-electron chi connectivity index (χ2n) is 5.12. The fourth-order valence-electron chi connectivity index (χ4n) is 2.52. The van der Waals surface area contributed by atoms with Crippen molar-refractivity contribution in [3.8, 4) is 5.75 Å². The Labute approximate surface area is 152 Å². The van der Waals surface area contributed by atoms with E-state index in [1.54, 1.807) is 0 Å². The van der Waals surface area contributed by atoms with E-state index < -0.39 is 0 Å². The van der Waals surface area contributed by atoms with E-state index in [9.17, 15) is 4.79 Å². The van der Waals surface area contributed by atoms with Crippen molar-refractivity contribution in [1.29, 1.82) is 0 Å². The maximum atomic E-state index is 12.3. The SMILES string of the molecule is CCOc1ccc(C2=[C-]CC(C)C(=O)N2CC)c(C)c1.[Y]. The molecule has 0 saturated carbocycles. The molecule has 0 fully saturated rings. The summed E-state index contributed by atoms with van der Waals surface area (Å²) in [7, 11) is 0. The Hall–Kier alpha value is -0.666. The number of ether oxygens (including phenoxy) is 1. The van der Waals surface area contributed by atoms with Crippen molar-refractivity contribution < 1.29 is 42.2 Å². The van der Waals surface area contributed by atoms with Crippen LogP contribution in [0.1, 0.15) is 38.3 Å². The first kappa shape index (κ1) is 18.4. The molecule has 1 aliphatic heterocycles. The number of aryl methyl sites for hydroxylation is 1. The van der Waals surface area contributed by atoms with Gasteiger partial charge in [0, 0.05) is 45.2 Å². The van der Waals surface area contributed by atoms with Gasteiger partial charge in [-0.1, -0.05) is 20.3 Å². The van der Waals surface area contributed by atoms with Gasteiger partial charge >= 0.3 is 0 Å². The molecular weight excluding hydrogens is 339 g/mol. The number of hydrogen-bond donors (Lipinski definition) is 0. The molecule has 4 heteroatoms. The largest absolute Gasteiger partial charge is 0.494 e. The molecule has 1 unspecified atom stereocenters. The van der Waals surface area contributed by atoms with Crippen LogP contribution in [-0.2, 0) is 37.5 Å². The maximum absolute atomic E-state index is 12.3. The van der Waals surface area contributed by atoms with E-state index in [1.165, 1.54) is 0 Å². The summed E-state index contributed by atoms with van der Waals surface area (Å²) in [5.74, 6) is 1.09.